The molecule has 0 spiro atoms. The number of H-pyrrole nitrogens is 1. The molecule has 25 heavy (non-hydrogen) atoms. The molecule has 0 saturated carbocycles. The Hall–Kier alpha value is -2.55. The molecular weight excluding hydrogens is 324 g/mol. The lowest BCUT2D eigenvalue weighted by atomic mass is 10.1. The Morgan fingerprint density at radius 1 is 1.40 bits per heavy atom. The molecule has 2 heterocycles. The number of hydrogen-bond acceptors (Lipinski definition) is 6. The van der Waals surface area contributed by atoms with Gasteiger partial charge in [0.05, 0.1) is 24.9 Å². The summed E-state index contributed by atoms with van der Waals surface area (Å²) in [5.74, 6) is 0.376. The van der Waals surface area contributed by atoms with Crippen LogP contribution < -0.4 is 10.9 Å². The maximum absolute atomic E-state index is 12.1. The summed E-state index contributed by atoms with van der Waals surface area (Å²) in [5.41, 5.74) is 1.57. The Kier molecular flexibility index (Phi) is 6.02. The van der Waals surface area contributed by atoms with Crippen LogP contribution in [-0.4, -0.2) is 42.6 Å². The molecule has 2 rings (SSSR count). The highest BCUT2D eigenvalue weighted by Gasteiger charge is 2.16. The van der Waals surface area contributed by atoms with Gasteiger partial charge in [0.1, 0.15) is 11.5 Å². The number of carbonyl (C=O) groups is 1. The lowest BCUT2D eigenvalue weighted by Crippen LogP contribution is -2.28. The molecule has 1 unspecified atom stereocenters. The highest BCUT2D eigenvalue weighted by molar-refractivity contribution is 5.76. The summed E-state index contributed by atoms with van der Waals surface area (Å²) >= 11 is 0. The minimum atomic E-state index is -0.317. The fourth-order valence-corrected chi connectivity index (χ4v) is 2.46. The van der Waals surface area contributed by atoms with E-state index < -0.39 is 0 Å². The van der Waals surface area contributed by atoms with Crippen LogP contribution in [0.1, 0.15) is 55.1 Å². The van der Waals surface area contributed by atoms with Crippen LogP contribution in [-0.2, 0) is 11.2 Å². The van der Waals surface area contributed by atoms with Gasteiger partial charge in [0.15, 0.2) is 0 Å². The van der Waals surface area contributed by atoms with E-state index in [4.69, 9.17) is 5.11 Å². The Balaban J connectivity index is 1.94. The molecule has 0 aliphatic carbocycles. The monoisotopic (exact) mass is 348 g/mol. The van der Waals surface area contributed by atoms with Crippen molar-refractivity contribution in [1.29, 1.82) is 0 Å². The minimum Gasteiger partial charge on any atom is -0.394 e. The molecule has 2 atom stereocenters. The molecule has 136 valence electrons. The van der Waals surface area contributed by atoms with Crippen LogP contribution in [0.3, 0.4) is 0 Å². The van der Waals surface area contributed by atoms with Gasteiger partial charge in [-0.3, -0.25) is 9.59 Å². The maximum Gasteiger partial charge on any atom is 0.254 e. The average molecular weight is 348 g/mol. The van der Waals surface area contributed by atoms with Crippen molar-refractivity contribution in [2.24, 2.45) is 0 Å². The first-order valence-corrected chi connectivity index (χ1v) is 8.20. The molecule has 0 saturated heterocycles. The number of nitrogens with one attached hydrogen (secondary N) is 2. The second kappa shape index (κ2) is 8.02. The number of aryl methyl sites for hydroxylation is 2. The fraction of sp³-hybridized carbons (Fsp3) is 0.562. The topological polar surface area (TPSA) is 126 Å². The SMILES string of the molecule is Cc1nc(C)c(CCC(=O)NC(C)c2cn([C@@H](C)CO)nn2)c(=O)[nH]1. The van der Waals surface area contributed by atoms with Crippen molar-refractivity contribution >= 4 is 5.91 Å². The predicted molar refractivity (Wildman–Crippen MR) is 91.0 cm³/mol. The van der Waals surface area contributed by atoms with E-state index in [1.807, 2.05) is 6.92 Å². The largest absolute Gasteiger partial charge is 0.394 e. The van der Waals surface area contributed by atoms with E-state index in [9.17, 15) is 9.59 Å². The van der Waals surface area contributed by atoms with Crippen LogP contribution in [0, 0.1) is 13.8 Å². The summed E-state index contributed by atoms with van der Waals surface area (Å²) in [6.07, 6.45) is 2.20. The van der Waals surface area contributed by atoms with Gasteiger partial charge >= 0.3 is 0 Å². The summed E-state index contributed by atoms with van der Waals surface area (Å²) < 4.78 is 1.55. The van der Waals surface area contributed by atoms with Gasteiger partial charge in [-0.25, -0.2) is 9.67 Å². The normalized spacial score (nSPS) is 13.5. The first-order valence-electron chi connectivity index (χ1n) is 8.20. The zero-order valence-corrected chi connectivity index (χ0v) is 14.9. The first kappa shape index (κ1) is 18.8. The summed E-state index contributed by atoms with van der Waals surface area (Å²) in [4.78, 5) is 31.0. The standard InChI is InChI=1S/C16H24N6O3/c1-9(8-23)22-7-14(20-21-22)11(3)18-15(24)6-5-13-10(2)17-12(4)19-16(13)25/h7,9,11,23H,5-6,8H2,1-4H3,(H,18,24)(H,17,19,25)/t9-,11?/m0/s1. The summed E-state index contributed by atoms with van der Waals surface area (Å²) in [6.45, 7) is 7.07. The Morgan fingerprint density at radius 2 is 2.12 bits per heavy atom. The third-order valence-corrected chi connectivity index (χ3v) is 4.01. The average Bonchev–Trinajstić information content (AvgIpc) is 3.03. The van der Waals surface area contributed by atoms with Crippen LogP contribution in [0.4, 0.5) is 0 Å². The van der Waals surface area contributed by atoms with Crippen molar-refractivity contribution < 1.29 is 9.90 Å². The van der Waals surface area contributed by atoms with Crippen molar-refractivity contribution in [3.63, 3.8) is 0 Å². The zero-order valence-electron chi connectivity index (χ0n) is 14.9. The highest BCUT2D eigenvalue weighted by atomic mass is 16.3. The molecular formula is C16H24N6O3. The highest BCUT2D eigenvalue weighted by Crippen LogP contribution is 2.11. The molecule has 0 bridgehead atoms. The minimum absolute atomic E-state index is 0.0397. The molecule has 0 aliphatic heterocycles. The number of aliphatic hydroxyl groups excluding tert-OH is 1. The molecule has 3 N–H and O–H groups in total. The molecule has 9 heteroatoms. The quantitative estimate of drug-likeness (QED) is 0.662. The Bertz CT molecular complexity index is 797. The van der Waals surface area contributed by atoms with Gasteiger partial charge in [0.2, 0.25) is 5.91 Å². The van der Waals surface area contributed by atoms with Crippen molar-refractivity contribution in [3.8, 4) is 0 Å². The van der Waals surface area contributed by atoms with E-state index in [2.05, 4.69) is 25.6 Å². The third-order valence-electron chi connectivity index (χ3n) is 4.01. The van der Waals surface area contributed by atoms with E-state index in [1.165, 1.54) is 0 Å². The number of amides is 1. The van der Waals surface area contributed by atoms with Crippen LogP contribution in [0.5, 0.6) is 0 Å². The van der Waals surface area contributed by atoms with E-state index in [1.54, 1.807) is 31.6 Å². The third kappa shape index (κ3) is 4.72. The molecule has 9 nitrogen and oxygen atoms in total. The second-order valence-electron chi connectivity index (χ2n) is 6.16. The predicted octanol–water partition coefficient (Wildman–Crippen LogP) is 0.342. The van der Waals surface area contributed by atoms with Crippen LogP contribution in [0.15, 0.2) is 11.0 Å². The summed E-state index contributed by atoms with van der Waals surface area (Å²) in [7, 11) is 0. The van der Waals surface area contributed by atoms with Crippen LogP contribution >= 0.6 is 0 Å². The molecule has 1 amide bonds. The molecule has 2 aromatic rings. The Labute approximate surface area is 145 Å². The van der Waals surface area contributed by atoms with Gasteiger partial charge in [-0.2, -0.15) is 0 Å². The van der Waals surface area contributed by atoms with Gasteiger partial charge in [-0.15, -0.1) is 5.10 Å². The number of nitrogens with zero attached hydrogens (tertiary/aromatic N) is 4. The van der Waals surface area contributed by atoms with E-state index in [-0.39, 0.29) is 36.6 Å². The van der Waals surface area contributed by atoms with Crippen molar-refractivity contribution in [3.05, 3.63) is 39.3 Å². The van der Waals surface area contributed by atoms with Crippen molar-refractivity contribution in [2.45, 2.75) is 52.6 Å². The molecule has 0 aliphatic rings. The smallest absolute Gasteiger partial charge is 0.254 e. The molecule has 2 aromatic heterocycles. The maximum atomic E-state index is 12.1. The van der Waals surface area contributed by atoms with Crippen molar-refractivity contribution in [2.75, 3.05) is 6.61 Å². The first-order chi connectivity index (χ1) is 11.8. The van der Waals surface area contributed by atoms with Gasteiger partial charge in [-0.1, -0.05) is 5.21 Å². The lowest BCUT2D eigenvalue weighted by molar-refractivity contribution is -0.121. The number of rotatable bonds is 7. The number of aliphatic hydroxyl groups is 1. The zero-order chi connectivity index (χ0) is 18.6. The second-order valence-corrected chi connectivity index (χ2v) is 6.16. The number of carbonyl (C=O) groups excluding carboxylic acids is 1. The van der Waals surface area contributed by atoms with E-state index in [0.29, 0.717) is 29.2 Å². The number of hydrogen-bond donors (Lipinski definition) is 3. The lowest BCUT2D eigenvalue weighted by Gasteiger charge is -2.11. The van der Waals surface area contributed by atoms with Gasteiger partial charge < -0.3 is 15.4 Å². The number of aromatic amines is 1. The molecule has 0 aromatic carbocycles. The fourth-order valence-electron chi connectivity index (χ4n) is 2.46. The van der Waals surface area contributed by atoms with E-state index in [0.717, 1.165) is 0 Å². The van der Waals surface area contributed by atoms with Gasteiger partial charge in [0, 0.05) is 17.7 Å². The molecule has 0 fully saturated rings. The van der Waals surface area contributed by atoms with Crippen LogP contribution in [0.2, 0.25) is 0 Å². The Morgan fingerprint density at radius 3 is 2.76 bits per heavy atom. The summed E-state index contributed by atoms with van der Waals surface area (Å²) in [5, 5.41) is 19.9. The molecule has 0 radical (unpaired) electrons. The van der Waals surface area contributed by atoms with Crippen LogP contribution in [0.25, 0.3) is 0 Å². The van der Waals surface area contributed by atoms with Gasteiger partial charge in [-0.05, 0) is 34.1 Å². The van der Waals surface area contributed by atoms with E-state index >= 15 is 0 Å². The number of aromatic nitrogens is 5. The summed E-state index contributed by atoms with van der Waals surface area (Å²) in [6, 6.07) is -0.490. The van der Waals surface area contributed by atoms with Crippen molar-refractivity contribution in [1.82, 2.24) is 30.3 Å². The van der Waals surface area contributed by atoms with Gasteiger partial charge in [0.25, 0.3) is 5.56 Å².